The average molecular weight is 173 g/mol. The molecule has 0 spiro atoms. The number of nitro groups is 1. The zero-order valence-electron chi connectivity index (χ0n) is 5.17. The molecule has 8 heteroatoms. The van der Waals surface area contributed by atoms with Crippen LogP contribution in [-0.2, 0) is 0 Å². The van der Waals surface area contributed by atoms with Crippen LogP contribution in [0.2, 0.25) is 0 Å². The summed E-state index contributed by atoms with van der Waals surface area (Å²) in [5.41, 5.74) is 5.12. The van der Waals surface area contributed by atoms with Crippen LogP contribution in [0.1, 0.15) is 0 Å². The number of nitrogens with two attached hydrogens (primary N) is 1. The van der Waals surface area contributed by atoms with E-state index in [0.29, 0.717) is 0 Å². The van der Waals surface area contributed by atoms with Crippen LogP contribution in [-0.4, -0.2) is 9.91 Å². The summed E-state index contributed by atoms with van der Waals surface area (Å²) in [5.74, 6) is 0. The van der Waals surface area contributed by atoms with Crippen molar-refractivity contribution in [2.75, 3.05) is 5.73 Å². The summed E-state index contributed by atoms with van der Waals surface area (Å²) in [7, 11) is 0. The van der Waals surface area contributed by atoms with Crippen molar-refractivity contribution in [3.8, 4) is 0 Å². The number of hydrogen-bond acceptors (Lipinski definition) is 7. The number of aromatic nitrogens is 1. The Morgan fingerprint density at radius 1 is 1.73 bits per heavy atom. The smallest absolute Gasteiger partial charge is 0.345 e. The summed E-state index contributed by atoms with van der Waals surface area (Å²) in [5, 5.41) is 22.1. The lowest BCUT2D eigenvalue weighted by Crippen LogP contribution is -1.80. The summed E-state index contributed by atoms with van der Waals surface area (Å²) in [6.45, 7) is 0. The average Bonchev–Trinajstić information content (AvgIpc) is 2.40. The summed E-state index contributed by atoms with van der Waals surface area (Å²) in [6, 6.07) is 0. The molecule has 0 fully saturated rings. The quantitative estimate of drug-likeness (QED) is 0.377. The lowest BCUT2D eigenvalue weighted by atomic mass is 10.9. The van der Waals surface area contributed by atoms with Gasteiger partial charge in [-0.05, 0) is 11.3 Å². The highest BCUT2D eigenvalue weighted by Gasteiger charge is 2.07. The van der Waals surface area contributed by atoms with E-state index in [1.807, 2.05) is 0 Å². The number of rotatable bonds is 1. The molecule has 1 heterocycles. The van der Waals surface area contributed by atoms with E-state index >= 15 is 0 Å². The molecule has 0 aromatic carbocycles. The van der Waals surface area contributed by atoms with Gasteiger partial charge in [-0.25, -0.2) is 4.98 Å². The maximum absolute atomic E-state index is 9.93. The topological polar surface area (TPSA) is 130 Å². The third-order valence-electron chi connectivity index (χ3n) is 0.691. The Morgan fingerprint density at radius 2 is 2.27 bits per heavy atom. The summed E-state index contributed by atoms with van der Waals surface area (Å²) < 4.78 is 0. The first kappa shape index (κ1) is 9.25. The Balaban J connectivity index is 0.000000461. The molecule has 58 valence electrons. The molecule has 7 nitrogen and oxygen atoms in total. The Hall–Kier alpha value is -1.75. The van der Waals surface area contributed by atoms with Crippen LogP contribution in [0.5, 0.6) is 0 Å². The van der Waals surface area contributed by atoms with Gasteiger partial charge in [-0.15, -0.1) is 0 Å². The molecule has 0 amide bonds. The molecule has 2 N–H and O–H groups in total. The lowest BCUT2D eigenvalue weighted by molar-refractivity contribution is -0.380. The van der Waals surface area contributed by atoms with Crippen molar-refractivity contribution < 1.29 is 4.92 Å². The second kappa shape index (κ2) is 4.13. The van der Waals surface area contributed by atoms with Crippen LogP contribution in [0, 0.1) is 20.9 Å². The molecule has 0 radical (unpaired) electrons. The van der Waals surface area contributed by atoms with Gasteiger partial charge in [-0.3, -0.25) is 10.1 Å². The minimum Gasteiger partial charge on any atom is -0.375 e. The molecule has 0 saturated heterocycles. The minimum absolute atomic E-state index is 0.0208. The number of nitrogen functional groups attached to an aromatic ring is 1. The van der Waals surface area contributed by atoms with E-state index in [2.05, 4.69) is 4.98 Å². The Kier molecular flexibility index (Phi) is 3.47. The second-order valence-electron chi connectivity index (χ2n) is 1.29. The van der Waals surface area contributed by atoms with Crippen LogP contribution < -0.4 is 5.73 Å². The van der Waals surface area contributed by atoms with Gasteiger partial charge < -0.3 is 5.73 Å². The SMILES string of the molecule is N#N.Nc1ncc([N+](=O)[O-])s1. The first-order valence-electron chi connectivity index (χ1n) is 2.26. The van der Waals surface area contributed by atoms with Crippen molar-refractivity contribution in [3.05, 3.63) is 16.3 Å². The summed E-state index contributed by atoms with van der Waals surface area (Å²) in [6.07, 6.45) is 1.14. The van der Waals surface area contributed by atoms with Gasteiger partial charge in [0.15, 0.2) is 5.13 Å². The molecule has 1 rings (SSSR count). The van der Waals surface area contributed by atoms with E-state index in [0.717, 1.165) is 17.5 Å². The molecular formula is C3H3N5O2S. The molecule has 11 heavy (non-hydrogen) atoms. The van der Waals surface area contributed by atoms with Gasteiger partial charge in [0.05, 0.1) is 4.92 Å². The van der Waals surface area contributed by atoms with Crippen molar-refractivity contribution in [3.63, 3.8) is 0 Å². The van der Waals surface area contributed by atoms with E-state index in [-0.39, 0.29) is 10.1 Å². The monoisotopic (exact) mass is 173 g/mol. The van der Waals surface area contributed by atoms with Crippen LogP contribution >= 0.6 is 11.3 Å². The first-order chi connectivity index (χ1) is 5.20. The predicted octanol–water partition coefficient (Wildman–Crippen LogP) is 0.664. The lowest BCUT2D eigenvalue weighted by Gasteiger charge is -1.76. The van der Waals surface area contributed by atoms with Gasteiger partial charge in [-0.1, -0.05) is 0 Å². The first-order valence-corrected chi connectivity index (χ1v) is 3.07. The summed E-state index contributed by atoms with van der Waals surface area (Å²) in [4.78, 5) is 12.9. The van der Waals surface area contributed by atoms with E-state index in [4.69, 9.17) is 16.5 Å². The number of thiazole rings is 1. The molecule has 0 bridgehead atoms. The third kappa shape index (κ3) is 2.55. The van der Waals surface area contributed by atoms with Gasteiger partial charge in [-0.2, -0.15) is 0 Å². The van der Waals surface area contributed by atoms with Crippen molar-refractivity contribution in [2.45, 2.75) is 0 Å². The normalized spacial score (nSPS) is 7.82. The largest absolute Gasteiger partial charge is 0.375 e. The molecule has 1 aromatic rings. The Labute approximate surface area is 65.0 Å². The summed E-state index contributed by atoms with van der Waals surface area (Å²) >= 11 is 0.863. The molecular weight excluding hydrogens is 170 g/mol. The van der Waals surface area contributed by atoms with Crippen molar-refractivity contribution in [1.29, 1.82) is 10.8 Å². The molecule has 0 aliphatic carbocycles. The van der Waals surface area contributed by atoms with Crippen molar-refractivity contribution >= 4 is 21.5 Å². The number of nitrogens with zero attached hydrogens (tertiary/aromatic N) is 4. The molecule has 0 aliphatic heterocycles. The van der Waals surface area contributed by atoms with Gasteiger partial charge in [0.1, 0.15) is 6.20 Å². The number of anilines is 1. The minimum atomic E-state index is -0.520. The zero-order valence-corrected chi connectivity index (χ0v) is 5.98. The maximum atomic E-state index is 9.93. The highest BCUT2D eigenvalue weighted by atomic mass is 32.1. The molecule has 0 unspecified atom stereocenters. The zero-order chi connectivity index (χ0) is 8.85. The predicted molar refractivity (Wildman–Crippen MR) is 36.6 cm³/mol. The Bertz CT molecular complexity index is 268. The van der Waals surface area contributed by atoms with E-state index < -0.39 is 4.92 Å². The van der Waals surface area contributed by atoms with E-state index in [9.17, 15) is 10.1 Å². The van der Waals surface area contributed by atoms with Crippen LogP contribution in [0.4, 0.5) is 10.1 Å². The van der Waals surface area contributed by atoms with E-state index in [1.54, 1.807) is 0 Å². The van der Waals surface area contributed by atoms with Crippen molar-refractivity contribution in [1.82, 2.24) is 4.98 Å². The fourth-order valence-corrected chi connectivity index (χ4v) is 0.863. The standard InChI is InChI=1S/C3H3N3O2S.N2/c4-3-5-1-2(9-3)6(7)8;1-2/h1H,(H2,4,5);. The number of hydrogen-bond donors (Lipinski definition) is 1. The van der Waals surface area contributed by atoms with Gasteiger partial charge in [0.25, 0.3) is 0 Å². The van der Waals surface area contributed by atoms with Crippen LogP contribution in [0.15, 0.2) is 6.20 Å². The van der Waals surface area contributed by atoms with Crippen molar-refractivity contribution in [2.24, 2.45) is 0 Å². The highest BCUT2D eigenvalue weighted by Crippen LogP contribution is 2.21. The van der Waals surface area contributed by atoms with Gasteiger partial charge in [0, 0.05) is 10.8 Å². The van der Waals surface area contributed by atoms with Crippen LogP contribution in [0.3, 0.4) is 0 Å². The third-order valence-corrected chi connectivity index (χ3v) is 1.47. The molecule has 0 saturated carbocycles. The fraction of sp³-hybridized carbons (Fsp3) is 0. The second-order valence-corrected chi connectivity index (χ2v) is 2.33. The fourth-order valence-electron chi connectivity index (χ4n) is 0.363. The maximum Gasteiger partial charge on any atom is 0.345 e. The van der Waals surface area contributed by atoms with Gasteiger partial charge in [0.2, 0.25) is 0 Å². The van der Waals surface area contributed by atoms with E-state index in [1.165, 1.54) is 0 Å². The van der Waals surface area contributed by atoms with Crippen LogP contribution in [0.25, 0.3) is 0 Å². The molecule has 1 aromatic heterocycles. The highest BCUT2D eigenvalue weighted by molar-refractivity contribution is 7.18. The molecule has 0 aliphatic rings. The molecule has 0 atom stereocenters. The Morgan fingerprint density at radius 3 is 2.45 bits per heavy atom. The van der Waals surface area contributed by atoms with Gasteiger partial charge >= 0.3 is 5.00 Å².